The second-order valence-corrected chi connectivity index (χ2v) is 13.3. The summed E-state index contributed by atoms with van der Waals surface area (Å²) in [7, 11) is 1.66. The zero-order chi connectivity index (χ0) is 34.3. The largest absolute Gasteiger partial charge is 0.491 e. The summed E-state index contributed by atoms with van der Waals surface area (Å²) in [4.78, 5) is 0. The van der Waals surface area contributed by atoms with Crippen LogP contribution in [0.1, 0.15) is 45.1 Å². The number of benzene rings is 5. The van der Waals surface area contributed by atoms with Crippen molar-refractivity contribution in [2.24, 2.45) is 5.92 Å². The molecule has 0 N–H and O–H groups in total. The average Bonchev–Trinajstić information content (AvgIpc) is 3.65. The van der Waals surface area contributed by atoms with Gasteiger partial charge in [-0.15, -0.1) is 0 Å². The van der Waals surface area contributed by atoms with Gasteiger partial charge in [0.1, 0.15) is 34.7 Å². The van der Waals surface area contributed by atoms with Crippen LogP contribution in [0.25, 0.3) is 65.4 Å². The van der Waals surface area contributed by atoms with Crippen molar-refractivity contribution in [1.82, 2.24) is 0 Å². The van der Waals surface area contributed by atoms with Gasteiger partial charge in [0.15, 0.2) is 0 Å². The highest BCUT2D eigenvalue weighted by Crippen LogP contribution is 2.39. The molecule has 5 aromatic carbocycles. The van der Waals surface area contributed by atoms with Crippen molar-refractivity contribution < 1.29 is 32.5 Å². The summed E-state index contributed by atoms with van der Waals surface area (Å²) in [5.41, 5.74) is 4.85. The molecule has 0 aliphatic heterocycles. The van der Waals surface area contributed by atoms with Crippen LogP contribution >= 0.6 is 0 Å². The Morgan fingerprint density at radius 1 is 0.500 bits per heavy atom. The Hall–Kier alpha value is -4.14. The van der Waals surface area contributed by atoms with Gasteiger partial charge in [-0.05, 0) is 101 Å². The smallest absolute Gasteiger partial charge is 0.136 e. The van der Waals surface area contributed by atoms with E-state index < -0.39 is 0 Å². The summed E-state index contributed by atoms with van der Waals surface area (Å²) < 4.78 is 40.8. The van der Waals surface area contributed by atoms with E-state index in [9.17, 15) is 0 Å². The van der Waals surface area contributed by atoms with E-state index in [4.69, 9.17) is 32.5 Å². The van der Waals surface area contributed by atoms with E-state index in [1.54, 1.807) is 7.11 Å². The molecular formula is C43H48O7. The molecule has 1 unspecified atom stereocenters. The quantitative estimate of drug-likeness (QED) is 0.0789. The number of hydrogen-bond acceptors (Lipinski definition) is 7. The average molecular weight is 677 g/mol. The van der Waals surface area contributed by atoms with Crippen LogP contribution in [0.4, 0.5) is 0 Å². The molecule has 50 heavy (non-hydrogen) atoms. The SMILES string of the molecule is CCCOCCC(CCC)Cc1ccc2cc3oc4cc5c(cc4c3cc2c1)oc1cc2ccc(OCCOCCOCCOC)cc2cc15. The normalized spacial score (nSPS) is 12.8. The van der Waals surface area contributed by atoms with Gasteiger partial charge in [-0.3, -0.25) is 0 Å². The number of rotatable bonds is 19. The molecule has 0 aliphatic rings. The summed E-state index contributed by atoms with van der Waals surface area (Å²) in [6.07, 6.45) is 5.67. The third kappa shape index (κ3) is 7.77. The van der Waals surface area contributed by atoms with Gasteiger partial charge in [0.25, 0.3) is 0 Å². The number of hydrogen-bond donors (Lipinski definition) is 0. The van der Waals surface area contributed by atoms with Crippen molar-refractivity contribution in [1.29, 1.82) is 0 Å². The highest BCUT2D eigenvalue weighted by atomic mass is 16.6. The second kappa shape index (κ2) is 16.3. The molecule has 7 aromatic rings. The molecule has 0 spiro atoms. The Balaban J connectivity index is 1.11. The number of methoxy groups -OCH3 is 1. The zero-order valence-corrected chi connectivity index (χ0v) is 29.6. The molecule has 0 saturated carbocycles. The van der Waals surface area contributed by atoms with Gasteiger partial charge >= 0.3 is 0 Å². The summed E-state index contributed by atoms with van der Waals surface area (Å²) in [6, 6.07) is 26.0. The molecular weight excluding hydrogens is 628 g/mol. The lowest BCUT2D eigenvalue weighted by molar-refractivity contribution is 0.0180. The van der Waals surface area contributed by atoms with E-state index >= 15 is 0 Å². The lowest BCUT2D eigenvalue weighted by Gasteiger charge is -2.16. The first-order valence-corrected chi connectivity index (χ1v) is 18.2. The number of ether oxygens (including phenoxy) is 5. The van der Waals surface area contributed by atoms with Crippen LogP contribution in [0.3, 0.4) is 0 Å². The van der Waals surface area contributed by atoms with E-state index in [1.165, 1.54) is 29.2 Å². The highest BCUT2D eigenvalue weighted by molar-refractivity contribution is 6.18. The van der Waals surface area contributed by atoms with E-state index in [0.29, 0.717) is 45.6 Å². The lowest BCUT2D eigenvalue weighted by atomic mass is 9.91. The molecule has 7 rings (SSSR count). The molecule has 262 valence electrons. The maximum absolute atomic E-state index is 6.48. The van der Waals surface area contributed by atoms with Crippen molar-refractivity contribution in [3.63, 3.8) is 0 Å². The molecule has 1 atom stereocenters. The summed E-state index contributed by atoms with van der Waals surface area (Å²) in [5, 5.41) is 8.89. The Morgan fingerprint density at radius 2 is 1.08 bits per heavy atom. The van der Waals surface area contributed by atoms with Gasteiger partial charge < -0.3 is 32.5 Å². The molecule has 0 amide bonds. The fraction of sp³-hybridized carbons (Fsp3) is 0.395. The van der Waals surface area contributed by atoms with Crippen LogP contribution in [0, 0.1) is 5.92 Å². The van der Waals surface area contributed by atoms with Gasteiger partial charge in [0.05, 0.1) is 33.0 Å². The minimum absolute atomic E-state index is 0.467. The fourth-order valence-electron chi connectivity index (χ4n) is 7.04. The number of furan rings is 2. The summed E-state index contributed by atoms with van der Waals surface area (Å²) in [6.45, 7) is 9.33. The fourth-order valence-corrected chi connectivity index (χ4v) is 7.04. The molecule has 2 aromatic heterocycles. The van der Waals surface area contributed by atoms with Crippen LogP contribution in [0.5, 0.6) is 5.75 Å². The van der Waals surface area contributed by atoms with E-state index in [2.05, 4.69) is 80.6 Å². The van der Waals surface area contributed by atoms with Crippen molar-refractivity contribution >= 4 is 65.4 Å². The first-order valence-electron chi connectivity index (χ1n) is 18.2. The third-order valence-electron chi connectivity index (χ3n) is 9.56. The Morgan fingerprint density at radius 3 is 1.74 bits per heavy atom. The molecule has 0 aliphatic carbocycles. The molecule has 0 saturated heterocycles. The van der Waals surface area contributed by atoms with Gasteiger partial charge in [-0.2, -0.15) is 0 Å². The highest BCUT2D eigenvalue weighted by Gasteiger charge is 2.16. The molecule has 7 nitrogen and oxygen atoms in total. The van der Waals surface area contributed by atoms with Crippen LogP contribution in [0.2, 0.25) is 0 Å². The monoisotopic (exact) mass is 676 g/mol. The Kier molecular flexibility index (Phi) is 11.2. The van der Waals surface area contributed by atoms with Crippen molar-refractivity contribution in [2.45, 2.75) is 46.0 Å². The number of fused-ring (bicyclic) bond motifs is 8. The topological polar surface area (TPSA) is 72.4 Å². The summed E-state index contributed by atoms with van der Waals surface area (Å²) >= 11 is 0. The van der Waals surface area contributed by atoms with Crippen LogP contribution in [-0.2, 0) is 25.4 Å². The standard InChI is InChI=1S/C43H48O7/c1-4-6-29(11-13-45-12-5-2)20-30-7-8-31-25-40-36(23-33(31)21-30)38-27-43-39(28-42(38)49-40)37-24-34-22-35(10-9-32(34)26-41(37)50-43)48-19-18-47-17-16-46-15-14-44-3/h7-10,21-29H,4-6,11-20H2,1-3H3. The van der Waals surface area contributed by atoms with E-state index in [1.807, 2.05) is 6.07 Å². The second-order valence-electron chi connectivity index (χ2n) is 13.3. The van der Waals surface area contributed by atoms with Gasteiger partial charge in [0, 0.05) is 41.9 Å². The zero-order valence-electron chi connectivity index (χ0n) is 29.6. The predicted molar refractivity (Wildman–Crippen MR) is 203 cm³/mol. The van der Waals surface area contributed by atoms with Crippen molar-refractivity contribution in [2.75, 3.05) is 60.0 Å². The van der Waals surface area contributed by atoms with Crippen LogP contribution in [-0.4, -0.2) is 60.0 Å². The maximum atomic E-state index is 6.48. The van der Waals surface area contributed by atoms with Crippen molar-refractivity contribution in [3.05, 3.63) is 78.4 Å². The lowest BCUT2D eigenvalue weighted by Crippen LogP contribution is -2.12. The van der Waals surface area contributed by atoms with Crippen LogP contribution in [0.15, 0.2) is 81.6 Å². The minimum Gasteiger partial charge on any atom is -0.491 e. The summed E-state index contributed by atoms with van der Waals surface area (Å²) in [5.74, 6) is 1.44. The minimum atomic E-state index is 0.467. The van der Waals surface area contributed by atoms with Gasteiger partial charge in [0.2, 0.25) is 0 Å². The Bertz CT molecular complexity index is 2190. The van der Waals surface area contributed by atoms with Crippen molar-refractivity contribution in [3.8, 4) is 5.75 Å². The molecule has 7 heteroatoms. The van der Waals surface area contributed by atoms with E-state index in [-0.39, 0.29) is 0 Å². The molecule has 0 fully saturated rings. The van der Waals surface area contributed by atoms with Crippen LogP contribution < -0.4 is 4.74 Å². The van der Waals surface area contributed by atoms with Gasteiger partial charge in [-0.25, -0.2) is 0 Å². The molecule has 0 radical (unpaired) electrons. The molecule has 2 heterocycles. The third-order valence-corrected chi connectivity index (χ3v) is 9.56. The predicted octanol–water partition coefficient (Wildman–Crippen LogP) is 10.6. The first kappa shape index (κ1) is 34.3. The first-order chi connectivity index (χ1) is 24.6. The molecule has 0 bridgehead atoms. The van der Waals surface area contributed by atoms with Gasteiger partial charge in [-0.1, -0.05) is 51.0 Å². The van der Waals surface area contributed by atoms with E-state index in [0.717, 1.165) is 92.9 Å². The maximum Gasteiger partial charge on any atom is 0.136 e. The Labute approximate surface area is 293 Å².